The van der Waals surface area contributed by atoms with Gasteiger partial charge in [-0.2, -0.15) is 0 Å². The van der Waals surface area contributed by atoms with Gasteiger partial charge >= 0.3 is 0 Å². The number of methoxy groups -OCH3 is 1. The summed E-state index contributed by atoms with van der Waals surface area (Å²) >= 11 is 0. The second-order valence-electron chi connectivity index (χ2n) is 6.03. The molecule has 2 aromatic rings. The number of aliphatic hydroxyl groups excluding tert-OH is 1. The number of rotatable bonds is 3. The Balaban J connectivity index is 2.03. The van der Waals surface area contributed by atoms with E-state index >= 15 is 0 Å². The molecule has 3 rings (SSSR count). The van der Waals surface area contributed by atoms with Gasteiger partial charge in [0.25, 0.3) is 0 Å². The van der Waals surface area contributed by atoms with E-state index in [1.165, 1.54) is 12.8 Å². The van der Waals surface area contributed by atoms with Crippen molar-refractivity contribution in [1.29, 1.82) is 0 Å². The quantitative estimate of drug-likeness (QED) is 0.866. The number of nitrogens with zero attached hydrogens (tertiary/aromatic N) is 1. The molecule has 1 aromatic carbocycles. The Morgan fingerprint density at radius 3 is 2.62 bits per heavy atom. The third kappa shape index (κ3) is 2.68. The van der Waals surface area contributed by atoms with Gasteiger partial charge in [0, 0.05) is 24.9 Å². The maximum atomic E-state index is 11.1. The molecule has 0 bridgehead atoms. The zero-order valence-corrected chi connectivity index (χ0v) is 12.6. The van der Waals surface area contributed by atoms with Crippen LogP contribution in [0.3, 0.4) is 0 Å². The molecule has 1 heterocycles. The molecule has 3 heteroatoms. The summed E-state index contributed by atoms with van der Waals surface area (Å²) in [5.74, 6) is 0. The van der Waals surface area contributed by atoms with Gasteiger partial charge in [0.15, 0.2) is 0 Å². The lowest BCUT2D eigenvalue weighted by Crippen LogP contribution is -2.38. The van der Waals surface area contributed by atoms with E-state index in [0.717, 1.165) is 42.0 Å². The van der Waals surface area contributed by atoms with Gasteiger partial charge < -0.3 is 9.84 Å². The maximum Gasteiger partial charge on any atom is 0.109 e. The molecule has 0 aliphatic heterocycles. The van der Waals surface area contributed by atoms with Gasteiger partial charge in [-0.05, 0) is 29.9 Å². The van der Waals surface area contributed by atoms with Crippen LogP contribution >= 0.6 is 0 Å². The van der Waals surface area contributed by atoms with Crippen LogP contribution in [-0.4, -0.2) is 22.8 Å². The van der Waals surface area contributed by atoms with Crippen LogP contribution in [0.2, 0.25) is 0 Å². The topological polar surface area (TPSA) is 42.4 Å². The number of aromatic nitrogens is 1. The molecule has 1 unspecified atom stereocenters. The van der Waals surface area contributed by atoms with Crippen molar-refractivity contribution in [3.8, 4) is 0 Å². The van der Waals surface area contributed by atoms with Crippen molar-refractivity contribution < 1.29 is 9.84 Å². The second-order valence-corrected chi connectivity index (χ2v) is 6.03. The summed E-state index contributed by atoms with van der Waals surface area (Å²) in [5, 5.41) is 13.2. The fourth-order valence-electron chi connectivity index (χ4n) is 3.58. The Hall–Kier alpha value is -1.45. The van der Waals surface area contributed by atoms with Crippen LogP contribution in [-0.2, 0) is 4.74 Å². The molecule has 1 aromatic heterocycles. The maximum absolute atomic E-state index is 11.1. The zero-order chi connectivity index (χ0) is 14.7. The number of hydrogen-bond donors (Lipinski definition) is 1. The lowest BCUT2D eigenvalue weighted by Gasteiger charge is -2.36. The van der Waals surface area contributed by atoms with Gasteiger partial charge in [0.1, 0.15) is 6.10 Å². The Bertz CT molecular complexity index is 598. The highest BCUT2D eigenvalue weighted by Gasteiger charge is 2.39. The van der Waals surface area contributed by atoms with Crippen LogP contribution < -0.4 is 0 Å². The largest absolute Gasteiger partial charge is 0.385 e. The molecule has 1 fully saturated rings. The van der Waals surface area contributed by atoms with E-state index in [-0.39, 0.29) is 0 Å². The van der Waals surface area contributed by atoms with Crippen LogP contribution in [0.25, 0.3) is 10.8 Å². The first-order chi connectivity index (χ1) is 10.3. The molecule has 1 aliphatic carbocycles. The summed E-state index contributed by atoms with van der Waals surface area (Å²) in [6.45, 7) is 0. The van der Waals surface area contributed by atoms with Crippen LogP contribution in [0.15, 0.2) is 36.7 Å². The SMILES string of the molecule is COC1(C(O)c2cccc3ccncc23)CCCCCC1. The smallest absolute Gasteiger partial charge is 0.109 e. The van der Waals surface area contributed by atoms with Crippen molar-refractivity contribution in [2.45, 2.75) is 50.2 Å². The van der Waals surface area contributed by atoms with E-state index in [9.17, 15) is 5.11 Å². The van der Waals surface area contributed by atoms with Crippen molar-refractivity contribution in [2.75, 3.05) is 7.11 Å². The van der Waals surface area contributed by atoms with Crippen LogP contribution in [0.4, 0.5) is 0 Å². The normalized spacial score (nSPS) is 20.1. The molecule has 112 valence electrons. The van der Waals surface area contributed by atoms with Gasteiger partial charge in [-0.25, -0.2) is 0 Å². The summed E-state index contributed by atoms with van der Waals surface area (Å²) in [4.78, 5) is 4.22. The minimum Gasteiger partial charge on any atom is -0.385 e. The number of ether oxygens (including phenoxy) is 1. The monoisotopic (exact) mass is 285 g/mol. The highest BCUT2D eigenvalue weighted by Crippen LogP contribution is 2.41. The Morgan fingerprint density at radius 1 is 1.14 bits per heavy atom. The number of hydrogen-bond acceptors (Lipinski definition) is 3. The molecule has 1 atom stereocenters. The minimum absolute atomic E-state index is 0.458. The standard InChI is InChI=1S/C18H23NO2/c1-21-18(10-4-2-3-5-11-18)17(20)15-8-6-7-14-9-12-19-13-16(14)15/h6-9,12-13,17,20H,2-5,10-11H2,1H3. The first kappa shape index (κ1) is 14.5. The van der Waals surface area contributed by atoms with Crippen molar-refractivity contribution in [3.05, 3.63) is 42.2 Å². The molecule has 3 nitrogen and oxygen atoms in total. The molecule has 0 amide bonds. The van der Waals surface area contributed by atoms with E-state index in [0.29, 0.717) is 0 Å². The van der Waals surface area contributed by atoms with Crippen LogP contribution in [0.1, 0.15) is 50.2 Å². The summed E-state index contributed by atoms with van der Waals surface area (Å²) < 4.78 is 5.85. The molecule has 0 radical (unpaired) electrons. The van der Waals surface area contributed by atoms with Crippen molar-refractivity contribution >= 4 is 10.8 Å². The Labute approximate surface area is 126 Å². The highest BCUT2D eigenvalue weighted by molar-refractivity contribution is 5.85. The van der Waals surface area contributed by atoms with Crippen LogP contribution in [0, 0.1) is 0 Å². The number of pyridine rings is 1. The lowest BCUT2D eigenvalue weighted by molar-refractivity contribution is -0.113. The second kappa shape index (κ2) is 6.12. The average Bonchev–Trinajstić information content (AvgIpc) is 2.80. The number of aliphatic hydroxyl groups is 1. The molecule has 21 heavy (non-hydrogen) atoms. The molecule has 1 aliphatic rings. The third-order valence-electron chi connectivity index (χ3n) is 4.87. The summed E-state index contributed by atoms with van der Waals surface area (Å²) in [6, 6.07) is 8.04. The molecule has 0 saturated heterocycles. The number of benzene rings is 1. The van der Waals surface area contributed by atoms with Crippen molar-refractivity contribution in [1.82, 2.24) is 4.98 Å². The predicted octanol–water partition coefficient (Wildman–Crippen LogP) is 4.01. The first-order valence-electron chi connectivity index (χ1n) is 7.83. The predicted molar refractivity (Wildman–Crippen MR) is 84.1 cm³/mol. The van der Waals surface area contributed by atoms with Crippen LogP contribution in [0.5, 0.6) is 0 Å². The zero-order valence-electron chi connectivity index (χ0n) is 12.6. The first-order valence-corrected chi connectivity index (χ1v) is 7.83. The van der Waals surface area contributed by atoms with Crippen molar-refractivity contribution in [3.63, 3.8) is 0 Å². The molecular formula is C18H23NO2. The third-order valence-corrected chi connectivity index (χ3v) is 4.87. The van der Waals surface area contributed by atoms with E-state index in [1.54, 1.807) is 13.3 Å². The summed E-state index contributed by atoms with van der Waals surface area (Å²) in [5.41, 5.74) is 0.477. The van der Waals surface area contributed by atoms with Gasteiger partial charge in [0.2, 0.25) is 0 Å². The molecule has 1 saturated carbocycles. The molecular weight excluding hydrogens is 262 g/mol. The fraction of sp³-hybridized carbons (Fsp3) is 0.500. The van der Waals surface area contributed by atoms with E-state index in [4.69, 9.17) is 4.74 Å². The molecule has 1 N–H and O–H groups in total. The van der Waals surface area contributed by atoms with Gasteiger partial charge in [-0.3, -0.25) is 4.98 Å². The van der Waals surface area contributed by atoms with E-state index in [1.807, 2.05) is 24.4 Å². The van der Waals surface area contributed by atoms with E-state index in [2.05, 4.69) is 11.1 Å². The fourth-order valence-corrected chi connectivity index (χ4v) is 3.58. The minimum atomic E-state index is -0.603. The lowest BCUT2D eigenvalue weighted by atomic mass is 9.83. The number of fused-ring (bicyclic) bond motifs is 1. The highest BCUT2D eigenvalue weighted by atomic mass is 16.5. The Kier molecular flexibility index (Phi) is 4.22. The summed E-state index contributed by atoms with van der Waals surface area (Å²) in [7, 11) is 1.73. The van der Waals surface area contributed by atoms with E-state index < -0.39 is 11.7 Å². The Morgan fingerprint density at radius 2 is 1.90 bits per heavy atom. The van der Waals surface area contributed by atoms with Gasteiger partial charge in [-0.15, -0.1) is 0 Å². The van der Waals surface area contributed by atoms with Crippen molar-refractivity contribution in [2.24, 2.45) is 0 Å². The average molecular weight is 285 g/mol. The molecule has 0 spiro atoms. The summed E-state index contributed by atoms with van der Waals surface area (Å²) in [6.07, 6.45) is 9.56. The van der Waals surface area contributed by atoms with Gasteiger partial charge in [0.05, 0.1) is 5.60 Å². The van der Waals surface area contributed by atoms with Gasteiger partial charge in [-0.1, -0.05) is 43.9 Å².